The van der Waals surface area contributed by atoms with Gasteiger partial charge in [-0.15, -0.1) is 0 Å². The highest BCUT2D eigenvalue weighted by Gasteiger charge is 2.28. The minimum Gasteiger partial charge on any atom is -0.478 e. The van der Waals surface area contributed by atoms with Crippen molar-refractivity contribution in [2.75, 3.05) is 62.2 Å². The molecule has 7 N–H and O–H groups in total. The highest BCUT2D eigenvalue weighted by molar-refractivity contribution is 7.87. The van der Waals surface area contributed by atoms with Crippen LogP contribution in [0.15, 0.2) is 36.7 Å². The van der Waals surface area contributed by atoms with Crippen molar-refractivity contribution < 1.29 is 31.5 Å². The number of amides is 1. The molecule has 4 heterocycles. The van der Waals surface area contributed by atoms with Gasteiger partial charge in [0.1, 0.15) is 5.56 Å². The third-order valence-electron chi connectivity index (χ3n) is 9.67. The third kappa shape index (κ3) is 8.43. The van der Waals surface area contributed by atoms with Crippen molar-refractivity contribution in [2.24, 2.45) is 16.0 Å². The smallest absolute Gasteiger partial charge is 0.339 e. The van der Waals surface area contributed by atoms with E-state index >= 15 is 0 Å². The first kappa shape index (κ1) is 38.8. The van der Waals surface area contributed by atoms with Crippen molar-refractivity contribution in [2.45, 2.75) is 40.5 Å². The van der Waals surface area contributed by atoms with E-state index in [1.165, 1.54) is 21.0 Å². The van der Waals surface area contributed by atoms with Crippen LogP contribution in [0.4, 0.5) is 11.4 Å². The number of aromatic carboxylic acids is 1. The van der Waals surface area contributed by atoms with Crippen LogP contribution in [0.25, 0.3) is 21.8 Å². The van der Waals surface area contributed by atoms with E-state index in [2.05, 4.69) is 9.97 Å². The van der Waals surface area contributed by atoms with Gasteiger partial charge < -0.3 is 20.6 Å². The van der Waals surface area contributed by atoms with Gasteiger partial charge in [0.25, 0.3) is 26.3 Å². The Morgan fingerprint density at radius 2 is 1.00 bits per heavy atom. The molecule has 0 aliphatic carbocycles. The first-order chi connectivity index (χ1) is 24.4. The monoisotopic (exact) mass is 755 g/mol. The van der Waals surface area contributed by atoms with Crippen molar-refractivity contribution in [1.29, 1.82) is 0 Å². The number of carboxylic acids is 1. The predicted octanol–water partition coefficient (Wildman–Crippen LogP) is 1.93. The fourth-order valence-electron chi connectivity index (χ4n) is 6.64. The summed E-state index contributed by atoms with van der Waals surface area (Å²) < 4.78 is 49.1. The van der Waals surface area contributed by atoms with Crippen LogP contribution in [-0.4, -0.2) is 105 Å². The van der Waals surface area contributed by atoms with Gasteiger partial charge >= 0.3 is 5.97 Å². The highest BCUT2D eigenvalue weighted by Crippen LogP contribution is 2.34. The molecule has 0 atom stereocenters. The summed E-state index contributed by atoms with van der Waals surface area (Å²) in [6, 6.07) is 7.87. The Labute approximate surface area is 303 Å². The Kier molecular flexibility index (Phi) is 11.4. The van der Waals surface area contributed by atoms with Crippen molar-refractivity contribution in [3.05, 3.63) is 70.0 Å². The largest absolute Gasteiger partial charge is 0.478 e. The summed E-state index contributed by atoms with van der Waals surface area (Å²) in [7, 11) is -7.49. The summed E-state index contributed by atoms with van der Waals surface area (Å²) in [6.45, 7) is 11.0. The zero-order valence-electron chi connectivity index (χ0n) is 29.7. The number of aryl methyl sites for hydroxylation is 4. The Morgan fingerprint density at radius 1 is 0.615 bits per heavy atom. The number of nitrogens with two attached hydrogens (primary N) is 3. The average molecular weight is 756 g/mol. The van der Waals surface area contributed by atoms with Gasteiger partial charge in [-0.25, -0.2) is 15.1 Å². The van der Waals surface area contributed by atoms with Gasteiger partial charge in [-0.2, -0.15) is 25.4 Å². The first-order valence-corrected chi connectivity index (χ1v) is 19.8. The molecule has 2 saturated heterocycles. The molecule has 2 aliphatic rings. The topological polar surface area (TPSA) is 239 Å². The molecular weight excluding hydrogens is 711 g/mol. The summed E-state index contributed by atoms with van der Waals surface area (Å²) in [5.74, 6) is -1.61. The lowest BCUT2D eigenvalue weighted by molar-refractivity contribution is 0.0697. The van der Waals surface area contributed by atoms with Gasteiger partial charge in [0.2, 0.25) is 0 Å². The van der Waals surface area contributed by atoms with Gasteiger partial charge in [0, 0.05) is 75.5 Å². The quantitative estimate of drug-likeness (QED) is 0.222. The van der Waals surface area contributed by atoms with Crippen LogP contribution >= 0.6 is 0 Å². The van der Waals surface area contributed by atoms with Gasteiger partial charge in [-0.3, -0.25) is 14.8 Å². The van der Waals surface area contributed by atoms with Crippen LogP contribution in [0.3, 0.4) is 0 Å². The number of rotatable bonds is 6. The molecule has 4 aromatic rings. The van der Waals surface area contributed by atoms with E-state index in [0.29, 0.717) is 69.0 Å². The molecule has 0 radical (unpaired) electrons. The SMILES string of the molecule is Cc1cc2ncc(C(=O)O)c(N3CCCN(S(N)(=O)=O)CC3)c2cc1C.Cc1cc2ncc(C(N)=O)c(N3CCCN(S(N)(=O)=O)CC3)c2cc1C. The Balaban J connectivity index is 0.000000201. The maximum Gasteiger partial charge on any atom is 0.339 e. The summed E-state index contributed by atoms with van der Waals surface area (Å²) >= 11 is 0. The molecule has 2 aromatic carbocycles. The number of aromatic nitrogens is 2. The average Bonchev–Trinajstić information content (AvgIpc) is 3.47. The number of hydrogen-bond donors (Lipinski definition) is 4. The zero-order chi connectivity index (χ0) is 38.1. The van der Waals surface area contributed by atoms with Crippen LogP contribution < -0.4 is 25.8 Å². The van der Waals surface area contributed by atoms with E-state index < -0.39 is 32.3 Å². The van der Waals surface area contributed by atoms with E-state index in [0.717, 1.165) is 44.1 Å². The van der Waals surface area contributed by atoms with E-state index in [-0.39, 0.29) is 18.7 Å². The normalized spacial score (nSPS) is 16.7. The number of nitrogens with zero attached hydrogens (tertiary/aromatic N) is 6. The summed E-state index contributed by atoms with van der Waals surface area (Å²) in [5, 5.41) is 21.7. The first-order valence-electron chi connectivity index (χ1n) is 16.8. The van der Waals surface area contributed by atoms with Crippen LogP contribution in [0.1, 0.15) is 55.8 Å². The summed E-state index contributed by atoms with van der Waals surface area (Å²) in [6.07, 6.45) is 4.03. The van der Waals surface area contributed by atoms with Crippen LogP contribution in [0, 0.1) is 27.7 Å². The number of carboxylic acid groups (broad SMARTS) is 1. The van der Waals surface area contributed by atoms with Crippen LogP contribution in [0.2, 0.25) is 0 Å². The molecule has 1 amide bonds. The number of fused-ring (bicyclic) bond motifs is 2. The van der Waals surface area contributed by atoms with Gasteiger partial charge in [-0.1, -0.05) is 0 Å². The molecular formula is C34H45N9O7S2. The van der Waals surface area contributed by atoms with E-state index in [1.54, 1.807) is 0 Å². The summed E-state index contributed by atoms with van der Waals surface area (Å²) in [5.41, 5.74) is 13.2. The molecule has 6 rings (SSSR count). The Hall–Kier alpha value is -4.46. The molecule has 2 aromatic heterocycles. The molecule has 2 aliphatic heterocycles. The lowest BCUT2D eigenvalue weighted by Gasteiger charge is -2.26. The van der Waals surface area contributed by atoms with Crippen molar-refractivity contribution in [3.63, 3.8) is 0 Å². The van der Waals surface area contributed by atoms with Gasteiger partial charge in [-0.05, 0) is 87.1 Å². The zero-order valence-corrected chi connectivity index (χ0v) is 31.3. The van der Waals surface area contributed by atoms with E-state index in [9.17, 15) is 31.5 Å². The maximum absolute atomic E-state index is 12.0. The number of pyridine rings is 2. The van der Waals surface area contributed by atoms with E-state index in [4.69, 9.17) is 16.0 Å². The Morgan fingerprint density at radius 3 is 1.38 bits per heavy atom. The molecule has 2 fully saturated rings. The van der Waals surface area contributed by atoms with Gasteiger partial charge in [0.05, 0.1) is 28.0 Å². The highest BCUT2D eigenvalue weighted by atomic mass is 32.2. The fourth-order valence-corrected chi connectivity index (χ4v) is 8.08. The van der Waals surface area contributed by atoms with Crippen molar-refractivity contribution in [3.8, 4) is 0 Å². The lowest BCUT2D eigenvalue weighted by atomic mass is 10.0. The minimum atomic E-state index is -3.76. The second-order valence-corrected chi connectivity index (χ2v) is 16.3. The molecule has 0 spiro atoms. The number of benzene rings is 2. The van der Waals surface area contributed by atoms with Gasteiger partial charge in [0.15, 0.2) is 0 Å². The molecule has 52 heavy (non-hydrogen) atoms. The second-order valence-electron chi connectivity index (χ2n) is 13.2. The second kappa shape index (κ2) is 15.3. The summed E-state index contributed by atoms with van der Waals surface area (Å²) in [4.78, 5) is 36.4. The molecule has 18 heteroatoms. The van der Waals surface area contributed by atoms with Crippen LogP contribution in [0.5, 0.6) is 0 Å². The number of carbonyl (C=O) groups excluding carboxylic acids is 1. The number of primary amides is 1. The van der Waals surface area contributed by atoms with E-state index in [1.807, 2.05) is 61.8 Å². The third-order valence-corrected chi connectivity index (χ3v) is 11.8. The fraction of sp³-hybridized carbons (Fsp3) is 0.412. The lowest BCUT2D eigenvalue weighted by Crippen LogP contribution is -2.39. The molecule has 16 nitrogen and oxygen atoms in total. The molecule has 280 valence electrons. The Bertz CT molecular complexity index is 2110. The maximum atomic E-state index is 12.0. The molecule has 0 saturated carbocycles. The number of anilines is 2. The molecule has 0 unspecified atom stereocenters. The van der Waals surface area contributed by atoms with Crippen molar-refractivity contribution in [1.82, 2.24) is 18.6 Å². The minimum absolute atomic E-state index is 0.116. The number of hydrogen-bond acceptors (Lipinski definition) is 10. The van der Waals surface area contributed by atoms with Crippen molar-refractivity contribution >= 4 is 65.5 Å². The van der Waals surface area contributed by atoms with Crippen LogP contribution in [-0.2, 0) is 20.4 Å². The standard InChI is InChI=1S/C17H23N5O3S.C17H22N4O4S/c1-11-8-13-15(9-12(11)2)20-10-14(17(18)23)16(13)21-4-3-5-22(7-6-21)26(19,24)25;1-11-8-13-15(9-12(11)2)19-10-14(17(22)23)16(13)20-4-3-5-21(7-6-20)26(18,24)25/h8-10H,3-7H2,1-2H3,(H2,18,23)(H2,19,24,25);8-10H,3-7H2,1-2H3,(H,22,23)(H2,18,24,25). The molecule has 0 bridgehead atoms. The predicted molar refractivity (Wildman–Crippen MR) is 201 cm³/mol. The number of carbonyl (C=O) groups is 2.